The number of nitrogens with one attached hydrogen (secondary N) is 2. The molecule has 2 nitrogen and oxygen atoms in total. The third-order valence-corrected chi connectivity index (χ3v) is 0.431. The zero-order chi connectivity index (χ0) is 2.99. The van der Waals surface area contributed by atoms with E-state index in [1.54, 1.807) is 0 Å². The molecule has 0 spiro atoms. The van der Waals surface area contributed by atoms with E-state index >= 15 is 0 Å². The largest absolute Gasteiger partial charge is 0.273 e. The van der Waals surface area contributed by atoms with Crippen LogP contribution in [0.3, 0.4) is 0 Å². The quantitative estimate of drug-likeness (QED) is 0.297. The minimum atomic E-state index is 0.750. The first-order chi connectivity index (χ1) is 1.89. The molecular formula is CH2N2S. The van der Waals surface area contributed by atoms with E-state index in [4.69, 9.17) is 0 Å². The van der Waals surface area contributed by atoms with Gasteiger partial charge in [-0.3, -0.25) is 10.9 Å². The highest BCUT2D eigenvalue weighted by Crippen LogP contribution is 1.67. The van der Waals surface area contributed by atoms with Crippen molar-refractivity contribution >= 4 is 17.3 Å². The van der Waals surface area contributed by atoms with E-state index in [1.807, 2.05) is 0 Å². The molecule has 1 heterocycles. The topological polar surface area (TPSA) is 43.9 Å². The Morgan fingerprint density at radius 3 is 1.75 bits per heavy atom. The molecular weight excluding hydrogens is 72.1 g/mol. The lowest BCUT2D eigenvalue weighted by Gasteiger charge is -1.27. The van der Waals surface area contributed by atoms with E-state index in [0.717, 1.165) is 5.11 Å². The predicted octanol–water partition coefficient (Wildman–Crippen LogP) is -0.621. The molecule has 0 aromatic carbocycles. The summed E-state index contributed by atoms with van der Waals surface area (Å²) in [7, 11) is 0. The summed E-state index contributed by atoms with van der Waals surface area (Å²) in [5.74, 6) is 0. The molecule has 3 heteroatoms. The summed E-state index contributed by atoms with van der Waals surface area (Å²) in [4.78, 5) is 0. The van der Waals surface area contributed by atoms with Crippen LogP contribution in [0.15, 0.2) is 0 Å². The van der Waals surface area contributed by atoms with Crippen molar-refractivity contribution in [1.82, 2.24) is 10.9 Å². The highest BCUT2D eigenvalue weighted by atomic mass is 32.1. The standard InChI is InChI=1S/CH2N2S/c4-1-2-3-1/h(H2,2,3,4). The summed E-state index contributed by atoms with van der Waals surface area (Å²) >= 11 is 4.43. The Hall–Kier alpha value is -0.310. The molecule has 0 aromatic rings. The predicted molar refractivity (Wildman–Crippen MR) is 18.9 cm³/mol. The maximum atomic E-state index is 4.43. The number of hydrogen-bond acceptors (Lipinski definition) is 1. The third-order valence-electron chi connectivity index (χ3n) is 0.227. The van der Waals surface area contributed by atoms with Crippen LogP contribution in [0.5, 0.6) is 0 Å². The molecule has 0 saturated carbocycles. The zero-order valence-corrected chi connectivity index (χ0v) is 2.72. The summed E-state index contributed by atoms with van der Waals surface area (Å²) in [6.07, 6.45) is 0. The Morgan fingerprint density at radius 1 is 1.50 bits per heavy atom. The molecule has 0 atom stereocenters. The molecule has 1 rings (SSSR count). The molecule has 1 fully saturated rings. The Balaban J connectivity index is 2.60. The Morgan fingerprint density at radius 2 is 1.75 bits per heavy atom. The van der Waals surface area contributed by atoms with Gasteiger partial charge in [-0.05, 0) is 12.2 Å². The van der Waals surface area contributed by atoms with Crippen molar-refractivity contribution in [1.29, 1.82) is 0 Å². The normalized spacial score (nSPS) is 17.5. The molecule has 2 N–H and O–H groups in total. The third kappa shape index (κ3) is 0.111. The van der Waals surface area contributed by atoms with E-state index in [-0.39, 0.29) is 0 Å². The molecule has 0 bridgehead atoms. The molecule has 1 aliphatic rings. The maximum Gasteiger partial charge on any atom is 0.204 e. The van der Waals surface area contributed by atoms with Crippen LogP contribution in [0.4, 0.5) is 0 Å². The van der Waals surface area contributed by atoms with Gasteiger partial charge in [0, 0.05) is 0 Å². The molecule has 4 heavy (non-hydrogen) atoms. The average molecular weight is 74.1 g/mol. The van der Waals surface area contributed by atoms with Crippen LogP contribution in [0.25, 0.3) is 0 Å². The fourth-order valence-electron chi connectivity index (χ4n) is 0.0255. The summed E-state index contributed by atoms with van der Waals surface area (Å²) in [5.41, 5.74) is 5.16. The van der Waals surface area contributed by atoms with Gasteiger partial charge in [-0.25, -0.2) is 0 Å². The molecule has 0 amide bonds. The van der Waals surface area contributed by atoms with Crippen molar-refractivity contribution in [2.24, 2.45) is 0 Å². The van der Waals surface area contributed by atoms with Gasteiger partial charge in [0.05, 0.1) is 0 Å². The van der Waals surface area contributed by atoms with E-state index in [0.29, 0.717) is 0 Å². The highest BCUT2D eigenvalue weighted by Gasteiger charge is 2.01. The number of hydrazine groups is 1. The summed E-state index contributed by atoms with van der Waals surface area (Å²) in [6.45, 7) is 0. The molecule has 22 valence electrons. The highest BCUT2D eigenvalue weighted by molar-refractivity contribution is 7.80. The molecule has 1 aliphatic heterocycles. The van der Waals surface area contributed by atoms with Crippen molar-refractivity contribution < 1.29 is 0 Å². The monoisotopic (exact) mass is 74.0 g/mol. The zero-order valence-electron chi connectivity index (χ0n) is 1.91. The SMILES string of the molecule is S=C1NN1. The van der Waals surface area contributed by atoms with Crippen LogP contribution in [0.1, 0.15) is 0 Å². The van der Waals surface area contributed by atoms with Crippen molar-refractivity contribution in [3.05, 3.63) is 0 Å². The lowest BCUT2D eigenvalue weighted by atomic mass is 11.4. The minimum Gasteiger partial charge on any atom is -0.273 e. The van der Waals surface area contributed by atoms with E-state index in [9.17, 15) is 0 Å². The molecule has 0 radical (unpaired) electrons. The van der Waals surface area contributed by atoms with Gasteiger partial charge in [0.2, 0.25) is 5.11 Å². The van der Waals surface area contributed by atoms with E-state index in [1.165, 1.54) is 0 Å². The Bertz CT molecular complexity index is 44.0. The van der Waals surface area contributed by atoms with Crippen LogP contribution in [-0.2, 0) is 0 Å². The van der Waals surface area contributed by atoms with Crippen LogP contribution < -0.4 is 10.9 Å². The average Bonchev–Trinajstić information content (AvgIpc) is 1.75. The number of thiocarbonyl (C=S) groups is 1. The summed E-state index contributed by atoms with van der Waals surface area (Å²) in [5, 5.41) is 0.750. The van der Waals surface area contributed by atoms with Gasteiger partial charge in [0.25, 0.3) is 0 Å². The van der Waals surface area contributed by atoms with Gasteiger partial charge in [0.1, 0.15) is 0 Å². The van der Waals surface area contributed by atoms with Crippen LogP contribution in [0, 0.1) is 0 Å². The second-order valence-electron chi connectivity index (χ2n) is 0.579. The van der Waals surface area contributed by atoms with Gasteiger partial charge >= 0.3 is 0 Å². The second kappa shape index (κ2) is 0.349. The van der Waals surface area contributed by atoms with Crippen molar-refractivity contribution in [3.8, 4) is 0 Å². The van der Waals surface area contributed by atoms with Gasteiger partial charge in [-0.1, -0.05) is 0 Å². The van der Waals surface area contributed by atoms with Gasteiger partial charge < -0.3 is 0 Å². The van der Waals surface area contributed by atoms with Gasteiger partial charge in [-0.15, -0.1) is 0 Å². The molecule has 0 unspecified atom stereocenters. The van der Waals surface area contributed by atoms with Crippen LogP contribution >= 0.6 is 12.2 Å². The Labute approximate surface area is 29.2 Å². The molecule has 1 saturated heterocycles. The Kier molecular flexibility index (Phi) is 0.171. The number of hydrogen-bond donors (Lipinski definition) is 2. The first-order valence-corrected chi connectivity index (χ1v) is 1.36. The van der Waals surface area contributed by atoms with Crippen LogP contribution in [-0.4, -0.2) is 5.11 Å². The van der Waals surface area contributed by atoms with Gasteiger partial charge in [0.15, 0.2) is 0 Å². The summed E-state index contributed by atoms with van der Waals surface area (Å²) in [6, 6.07) is 0. The molecule has 0 aromatic heterocycles. The van der Waals surface area contributed by atoms with Crippen molar-refractivity contribution in [3.63, 3.8) is 0 Å². The lowest BCUT2D eigenvalue weighted by molar-refractivity contribution is 1.17. The first-order valence-electron chi connectivity index (χ1n) is 0.954. The fourth-order valence-corrected chi connectivity index (χ4v) is 0.0765. The fraction of sp³-hybridized carbons (Fsp3) is 0. The van der Waals surface area contributed by atoms with Crippen LogP contribution in [0.2, 0.25) is 0 Å². The summed E-state index contributed by atoms with van der Waals surface area (Å²) < 4.78 is 0. The van der Waals surface area contributed by atoms with Crippen molar-refractivity contribution in [2.45, 2.75) is 0 Å². The maximum absolute atomic E-state index is 4.43. The van der Waals surface area contributed by atoms with Gasteiger partial charge in [-0.2, -0.15) is 0 Å². The molecule has 0 aliphatic carbocycles. The first kappa shape index (κ1) is 1.96. The van der Waals surface area contributed by atoms with Crippen molar-refractivity contribution in [2.75, 3.05) is 0 Å². The van der Waals surface area contributed by atoms with E-state index < -0.39 is 0 Å². The lowest BCUT2D eigenvalue weighted by Crippen LogP contribution is -1.71. The minimum absolute atomic E-state index is 0.750. The number of rotatable bonds is 0. The van der Waals surface area contributed by atoms with E-state index in [2.05, 4.69) is 23.1 Å². The smallest absolute Gasteiger partial charge is 0.204 e. The second-order valence-corrected chi connectivity index (χ2v) is 0.987.